The van der Waals surface area contributed by atoms with Crippen molar-refractivity contribution < 1.29 is 20.1 Å². The first-order valence-corrected chi connectivity index (χ1v) is 5.95. The molecule has 1 unspecified atom stereocenters. The molecule has 0 bridgehead atoms. The quantitative estimate of drug-likeness (QED) is 0.574. The number of rotatable bonds is 6. The minimum absolute atomic E-state index is 0.0826. The molecule has 0 saturated carbocycles. The third-order valence-corrected chi connectivity index (χ3v) is 2.70. The van der Waals surface area contributed by atoms with Crippen LogP contribution >= 0.6 is 0 Å². The van der Waals surface area contributed by atoms with E-state index >= 15 is 0 Å². The van der Waals surface area contributed by atoms with Gasteiger partial charge in [0, 0.05) is 19.2 Å². The maximum absolute atomic E-state index is 11.7. The van der Waals surface area contributed by atoms with Gasteiger partial charge in [0.1, 0.15) is 11.5 Å². The number of amides is 1. The average molecular weight is 253 g/mol. The van der Waals surface area contributed by atoms with Gasteiger partial charge in [-0.2, -0.15) is 0 Å². The molecule has 4 N–H and O–H groups in total. The number of phenols is 2. The molecule has 0 aliphatic carbocycles. The lowest BCUT2D eigenvalue weighted by Crippen LogP contribution is -2.24. The van der Waals surface area contributed by atoms with Crippen LogP contribution in [-0.4, -0.2) is 34.4 Å². The maximum Gasteiger partial charge on any atom is 0.255 e. The Labute approximate surface area is 106 Å². The van der Waals surface area contributed by atoms with Crippen LogP contribution in [-0.2, 0) is 0 Å². The standard InChI is InChI=1S/C13H19NO4/c1-9(8-15)3-2-6-14-13(18)11-5-4-10(16)7-12(11)17/h4-5,7,9,15-17H,2-3,6,8H2,1H3,(H,14,18). The highest BCUT2D eigenvalue weighted by Gasteiger charge is 2.11. The Morgan fingerprint density at radius 1 is 1.39 bits per heavy atom. The summed E-state index contributed by atoms with van der Waals surface area (Å²) in [6, 6.07) is 3.85. The van der Waals surface area contributed by atoms with Crippen molar-refractivity contribution in [3.05, 3.63) is 23.8 Å². The number of hydrogen-bond donors (Lipinski definition) is 4. The molecule has 1 aromatic rings. The van der Waals surface area contributed by atoms with Gasteiger partial charge in [-0.15, -0.1) is 0 Å². The second kappa shape index (κ2) is 6.86. The number of nitrogens with one attached hydrogen (secondary N) is 1. The smallest absolute Gasteiger partial charge is 0.255 e. The molecule has 1 atom stereocenters. The summed E-state index contributed by atoms with van der Waals surface area (Å²) < 4.78 is 0. The van der Waals surface area contributed by atoms with Crippen LogP contribution in [0.3, 0.4) is 0 Å². The van der Waals surface area contributed by atoms with Crippen LogP contribution in [0.25, 0.3) is 0 Å². The highest BCUT2D eigenvalue weighted by molar-refractivity contribution is 5.96. The molecule has 5 heteroatoms. The number of carbonyl (C=O) groups excluding carboxylic acids is 1. The van der Waals surface area contributed by atoms with E-state index in [-0.39, 0.29) is 35.5 Å². The van der Waals surface area contributed by atoms with Crippen molar-refractivity contribution in [1.29, 1.82) is 0 Å². The van der Waals surface area contributed by atoms with Gasteiger partial charge in [0.15, 0.2) is 0 Å². The van der Waals surface area contributed by atoms with Crippen LogP contribution in [0.1, 0.15) is 30.1 Å². The van der Waals surface area contributed by atoms with Crippen LogP contribution < -0.4 is 5.32 Å². The van der Waals surface area contributed by atoms with Crippen molar-refractivity contribution in [3.8, 4) is 11.5 Å². The number of aliphatic hydroxyl groups excluding tert-OH is 1. The predicted octanol–water partition coefficient (Wildman–Crippen LogP) is 1.24. The molecule has 18 heavy (non-hydrogen) atoms. The molecule has 1 amide bonds. The lowest BCUT2D eigenvalue weighted by atomic mass is 10.1. The zero-order valence-corrected chi connectivity index (χ0v) is 10.4. The molecule has 0 radical (unpaired) electrons. The van der Waals surface area contributed by atoms with Crippen LogP contribution in [0.15, 0.2) is 18.2 Å². The Morgan fingerprint density at radius 3 is 2.72 bits per heavy atom. The third-order valence-electron chi connectivity index (χ3n) is 2.70. The summed E-state index contributed by atoms with van der Waals surface area (Å²) in [5, 5.41) is 30.1. The van der Waals surface area contributed by atoms with Gasteiger partial charge in [-0.05, 0) is 30.9 Å². The molecule has 0 aliphatic heterocycles. The summed E-state index contributed by atoms with van der Waals surface area (Å²) in [5.74, 6) is -0.467. The average Bonchev–Trinajstić information content (AvgIpc) is 2.34. The number of aliphatic hydroxyl groups is 1. The zero-order chi connectivity index (χ0) is 13.5. The van der Waals surface area contributed by atoms with E-state index in [1.165, 1.54) is 12.1 Å². The van der Waals surface area contributed by atoms with Crippen LogP contribution in [0.5, 0.6) is 11.5 Å². The molecule has 1 aromatic carbocycles. The van der Waals surface area contributed by atoms with Gasteiger partial charge in [0.25, 0.3) is 5.91 Å². The maximum atomic E-state index is 11.7. The lowest BCUT2D eigenvalue weighted by molar-refractivity contribution is 0.0949. The number of hydrogen-bond acceptors (Lipinski definition) is 4. The summed E-state index contributed by atoms with van der Waals surface area (Å²) in [6.07, 6.45) is 1.60. The van der Waals surface area contributed by atoms with Gasteiger partial charge in [-0.25, -0.2) is 0 Å². The summed E-state index contributed by atoms with van der Waals surface area (Å²) in [5.41, 5.74) is 0.142. The molecule has 1 rings (SSSR count). The van der Waals surface area contributed by atoms with Crippen molar-refractivity contribution in [2.45, 2.75) is 19.8 Å². The molecule has 0 aliphatic rings. The minimum atomic E-state index is -0.371. The van der Waals surface area contributed by atoms with E-state index in [1.54, 1.807) is 0 Å². The first kappa shape index (κ1) is 14.3. The van der Waals surface area contributed by atoms with Crippen molar-refractivity contribution >= 4 is 5.91 Å². The Kier molecular flexibility index (Phi) is 5.45. The van der Waals surface area contributed by atoms with Crippen molar-refractivity contribution in [2.24, 2.45) is 5.92 Å². The van der Waals surface area contributed by atoms with E-state index < -0.39 is 0 Å². The van der Waals surface area contributed by atoms with Crippen LogP contribution in [0, 0.1) is 5.92 Å². The van der Waals surface area contributed by atoms with E-state index in [9.17, 15) is 9.90 Å². The largest absolute Gasteiger partial charge is 0.508 e. The summed E-state index contributed by atoms with van der Waals surface area (Å²) in [6.45, 7) is 2.57. The second-order valence-corrected chi connectivity index (χ2v) is 4.39. The van der Waals surface area contributed by atoms with Gasteiger partial charge < -0.3 is 20.6 Å². The topological polar surface area (TPSA) is 89.8 Å². The van der Waals surface area contributed by atoms with Crippen LogP contribution in [0.4, 0.5) is 0 Å². The molecule has 0 heterocycles. The number of benzene rings is 1. The summed E-state index contributed by atoms with van der Waals surface area (Å²) in [7, 11) is 0. The molecule has 100 valence electrons. The fourth-order valence-electron chi connectivity index (χ4n) is 1.55. The van der Waals surface area contributed by atoms with E-state index in [0.717, 1.165) is 18.9 Å². The first-order valence-electron chi connectivity index (χ1n) is 5.95. The minimum Gasteiger partial charge on any atom is -0.508 e. The lowest BCUT2D eigenvalue weighted by Gasteiger charge is -2.09. The molecule has 5 nitrogen and oxygen atoms in total. The van der Waals surface area contributed by atoms with E-state index in [2.05, 4.69) is 5.32 Å². The zero-order valence-electron chi connectivity index (χ0n) is 10.4. The second-order valence-electron chi connectivity index (χ2n) is 4.39. The normalized spacial score (nSPS) is 12.1. The molecule has 0 saturated heterocycles. The highest BCUT2D eigenvalue weighted by atomic mass is 16.3. The monoisotopic (exact) mass is 253 g/mol. The SMILES string of the molecule is CC(CO)CCCNC(=O)c1ccc(O)cc1O. The predicted molar refractivity (Wildman–Crippen MR) is 67.6 cm³/mol. The fourth-order valence-corrected chi connectivity index (χ4v) is 1.55. The van der Waals surface area contributed by atoms with Crippen molar-refractivity contribution in [2.75, 3.05) is 13.2 Å². The fraction of sp³-hybridized carbons (Fsp3) is 0.462. The number of aromatic hydroxyl groups is 2. The summed E-state index contributed by atoms with van der Waals surface area (Å²) in [4.78, 5) is 11.7. The van der Waals surface area contributed by atoms with Crippen LogP contribution in [0.2, 0.25) is 0 Å². The van der Waals surface area contributed by atoms with Crippen molar-refractivity contribution in [1.82, 2.24) is 5.32 Å². The van der Waals surface area contributed by atoms with E-state index in [4.69, 9.17) is 10.2 Å². The van der Waals surface area contributed by atoms with Gasteiger partial charge in [0.2, 0.25) is 0 Å². The highest BCUT2D eigenvalue weighted by Crippen LogP contribution is 2.22. The van der Waals surface area contributed by atoms with Gasteiger partial charge >= 0.3 is 0 Å². The Morgan fingerprint density at radius 2 is 2.11 bits per heavy atom. The van der Waals surface area contributed by atoms with E-state index in [0.29, 0.717) is 6.54 Å². The Balaban J connectivity index is 2.41. The number of carbonyl (C=O) groups is 1. The van der Waals surface area contributed by atoms with Gasteiger partial charge in [-0.1, -0.05) is 6.92 Å². The Hall–Kier alpha value is -1.75. The van der Waals surface area contributed by atoms with Gasteiger partial charge in [-0.3, -0.25) is 4.79 Å². The third kappa shape index (κ3) is 4.25. The van der Waals surface area contributed by atoms with E-state index in [1.807, 2.05) is 6.92 Å². The Bertz CT molecular complexity index is 406. The number of phenolic OH excluding ortho intramolecular Hbond substituents is 2. The van der Waals surface area contributed by atoms with Gasteiger partial charge in [0.05, 0.1) is 5.56 Å². The summed E-state index contributed by atoms with van der Waals surface area (Å²) >= 11 is 0. The molecule has 0 spiro atoms. The molecule has 0 aromatic heterocycles. The van der Waals surface area contributed by atoms with Crippen molar-refractivity contribution in [3.63, 3.8) is 0 Å². The molecule has 0 fully saturated rings. The molecular formula is C13H19NO4. The molecular weight excluding hydrogens is 234 g/mol. The first-order chi connectivity index (χ1) is 8.54.